The van der Waals surface area contributed by atoms with Crippen molar-refractivity contribution >= 4 is 0 Å². The Labute approximate surface area is 81.4 Å². The molecule has 0 N–H and O–H groups in total. The molecule has 14 heavy (non-hydrogen) atoms. The van der Waals surface area contributed by atoms with E-state index in [2.05, 4.69) is 4.98 Å². The van der Waals surface area contributed by atoms with E-state index in [4.69, 9.17) is 0 Å². The van der Waals surface area contributed by atoms with Crippen LogP contribution in [0.3, 0.4) is 0 Å². The topological polar surface area (TPSA) is 39.8 Å². The Kier molecular flexibility index (Phi) is 1.96. The van der Waals surface area contributed by atoms with E-state index in [1.54, 1.807) is 23.0 Å². The smallest absolute Gasteiger partial charge is 0.273 e. The predicted molar refractivity (Wildman–Crippen MR) is 53.5 cm³/mol. The van der Waals surface area contributed by atoms with Crippen molar-refractivity contribution in [2.75, 3.05) is 0 Å². The van der Waals surface area contributed by atoms with Crippen LogP contribution in [0.15, 0.2) is 35.3 Å². The van der Waals surface area contributed by atoms with Crippen molar-refractivity contribution in [3.05, 3.63) is 46.5 Å². The van der Waals surface area contributed by atoms with Gasteiger partial charge in [0.15, 0.2) is 5.82 Å². The van der Waals surface area contributed by atoms with Crippen LogP contribution in [0, 0.1) is 6.92 Å². The molecular formula is C10H11N3O. The summed E-state index contributed by atoms with van der Waals surface area (Å²) in [6.07, 6.45) is 1.67. The van der Waals surface area contributed by atoms with E-state index in [-0.39, 0.29) is 5.56 Å². The molecule has 2 rings (SSSR count). The molecule has 0 saturated carbocycles. The van der Waals surface area contributed by atoms with Crippen LogP contribution in [0.2, 0.25) is 0 Å². The Bertz CT molecular complexity index is 496. The summed E-state index contributed by atoms with van der Waals surface area (Å²) < 4.78 is 3.32. The summed E-state index contributed by atoms with van der Waals surface area (Å²) in [5, 5.41) is 0. The molecule has 0 aliphatic rings. The number of hydrogen-bond acceptors (Lipinski definition) is 2. The molecule has 0 spiro atoms. The van der Waals surface area contributed by atoms with Crippen LogP contribution in [0.4, 0.5) is 0 Å². The third-order valence-corrected chi connectivity index (χ3v) is 2.22. The molecule has 0 saturated heterocycles. The van der Waals surface area contributed by atoms with E-state index < -0.39 is 0 Å². The molecule has 0 atom stereocenters. The number of aromatic nitrogens is 3. The second-order valence-corrected chi connectivity index (χ2v) is 3.15. The molecule has 0 fully saturated rings. The lowest BCUT2D eigenvalue weighted by Gasteiger charge is -2.06. The molecule has 0 aromatic carbocycles. The van der Waals surface area contributed by atoms with Crippen LogP contribution >= 0.6 is 0 Å². The summed E-state index contributed by atoms with van der Waals surface area (Å²) in [5.41, 5.74) is 0.865. The Morgan fingerprint density at radius 3 is 2.64 bits per heavy atom. The molecule has 2 aromatic heterocycles. The second kappa shape index (κ2) is 3.14. The fourth-order valence-corrected chi connectivity index (χ4v) is 1.38. The van der Waals surface area contributed by atoms with E-state index in [1.807, 2.05) is 26.1 Å². The van der Waals surface area contributed by atoms with Gasteiger partial charge in [0.2, 0.25) is 0 Å². The third-order valence-electron chi connectivity index (χ3n) is 2.22. The molecule has 0 amide bonds. The summed E-state index contributed by atoms with van der Waals surface area (Å²) >= 11 is 0. The van der Waals surface area contributed by atoms with Gasteiger partial charge in [-0.3, -0.25) is 9.48 Å². The minimum Gasteiger partial charge on any atom is -0.284 e. The average Bonchev–Trinajstić information content (AvgIpc) is 2.43. The first-order chi connectivity index (χ1) is 6.70. The molecule has 2 heterocycles. The first-order valence-corrected chi connectivity index (χ1v) is 4.37. The molecule has 0 radical (unpaired) electrons. The van der Waals surface area contributed by atoms with E-state index in [0.717, 1.165) is 5.69 Å². The molecule has 72 valence electrons. The number of rotatable bonds is 1. The van der Waals surface area contributed by atoms with Crippen molar-refractivity contribution in [1.29, 1.82) is 0 Å². The third kappa shape index (κ3) is 1.25. The molecular weight excluding hydrogens is 178 g/mol. The van der Waals surface area contributed by atoms with Crippen LogP contribution in [0.1, 0.15) is 5.69 Å². The first-order valence-electron chi connectivity index (χ1n) is 4.37. The zero-order valence-corrected chi connectivity index (χ0v) is 8.14. The lowest BCUT2D eigenvalue weighted by Crippen LogP contribution is -2.20. The molecule has 2 aromatic rings. The maximum Gasteiger partial charge on any atom is 0.273 e. The number of pyridine rings is 1. The highest BCUT2D eigenvalue weighted by molar-refractivity contribution is 5.21. The lowest BCUT2D eigenvalue weighted by molar-refractivity contribution is 0.618. The summed E-state index contributed by atoms with van der Waals surface area (Å²) in [4.78, 5) is 15.7. The molecule has 0 unspecified atom stereocenters. The zero-order chi connectivity index (χ0) is 10.1. The molecule has 4 nitrogen and oxygen atoms in total. The van der Waals surface area contributed by atoms with Crippen molar-refractivity contribution in [2.45, 2.75) is 6.92 Å². The van der Waals surface area contributed by atoms with E-state index in [1.165, 1.54) is 4.68 Å². The summed E-state index contributed by atoms with van der Waals surface area (Å²) in [5.74, 6) is 0.646. The second-order valence-electron chi connectivity index (χ2n) is 3.15. The van der Waals surface area contributed by atoms with E-state index in [0.29, 0.717) is 5.82 Å². The molecule has 4 heteroatoms. The summed E-state index contributed by atoms with van der Waals surface area (Å²) in [6.45, 7) is 1.89. The quantitative estimate of drug-likeness (QED) is 0.668. The maximum atomic E-state index is 11.6. The standard InChI is InChI=1S/C10H11N3O/c1-8-7-10(14)13(12(8)2)9-5-3-4-6-11-9/h3-7H,1-2H3. The first kappa shape index (κ1) is 8.74. The van der Waals surface area contributed by atoms with Crippen molar-refractivity contribution in [3.63, 3.8) is 0 Å². The van der Waals surface area contributed by atoms with Crippen molar-refractivity contribution in [3.8, 4) is 5.82 Å². The van der Waals surface area contributed by atoms with Gasteiger partial charge in [-0.2, -0.15) is 4.68 Å². The highest BCUT2D eigenvalue weighted by atomic mass is 16.1. The van der Waals surface area contributed by atoms with E-state index in [9.17, 15) is 4.79 Å². The van der Waals surface area contributed by atoms with Crippen LogP contribution in [0.5, 0.6) is 0 Å². The fourth-order valence-electron chi connectivity index (χ4n) is 1.38. The monoisotopic (exact) mass is 189 g/mol. The van der Waals surface area contributed by atoms with Gasteiger partial charge in [-0.15, -0.1) is 0 Å². The van der Waals surface area contributed by atoms with Gasteiger partial charge in [-0.05, 0) is 19.1 Å². The van der Waals surface area contributed by atoms with Crippen LogP contribution in [0.25, 0.3) is 5.82 Å². The highest BCUT2D eigenvalue weighted by Gasteiger charge is 2.06. The van der Waals surface area contributed by atoms with Gasteiger partial charge in [0, 0.05) is 25.0 Å². The zero-order valence-electron chi connectivity index (χ0n) is 8.14. The van der Waals surface area contributed by atoms with Gasteiger partial charge < -0.3 is 0 Å². The minimum atomic E-state index is -0.0521. The summed E-state index contributed by atoms with van der Waals surface area (Å²) in [7, 11) is 1.84. The van der Waals surface area contributed by atoms with Crippen LogP contribution in [-0.4, -0.2) is 14.3 Å². The number of nitrogens with zero attached hydrogens (tertiary/aromatic N) is 3. The Morgan fingerprint density at radius 1 is 1.36 bits per heavy atom. The fraction of sp³-hybridized carbons (Fsp3) is 0.200. The van der Waals surface area contributed by atoms with Gasteiger partial charge >= 0.3 is 0 Å². The SMILES string of the molecule is Cc1cc(=O)n(-c2ccccn2)n1C. The van der Waals surface area contributed by atoms with E-state index >= 15 is 0 Å². The molecule has 0 aliphatic heterocycles. The predicted octanol–water partition coefficient (Wildman–Crippen LogP) is 0.879. The van der Waals surface area contributed by atoms with Gasteiger partial charge in [0.25, 0.3) is 5.56 Å². The van der Waals surface area contributed by atoms with Crippen LogP contribution in [-0.2, 0) is 7.05 Å². The minimum absolute atomic E-state index is 0.0521. The van der Waals surface area contributed by atoms with Crippen molar-refractivity contribution in [1.82, 2.24) is 14.3 Å². The molecule has 0 aliphatic carbocycles. The number of hydrogen-bond donors (Lipinski definition) is 0. The van der Waals surface area contributed by atoms with Crippen LogP contribution < -0.4 is 5.56 Å². The largest absolute Gasteiger partial charge is 0.284 e. The Hall–Kier alpha value is -1.84. The molecule has 0 bridgehead atoms. The average molecular weight is 189 g/mol. The Morgan fingerprint density at radius 2 is 2.14 bits per heavy atom. The highest BCUT2D eigenvalue weighted by Crippen LogP contribution is 2.01. The summed E-state index contributed by atoms with van der Waals surface area (Å²) in [6, 6.07) is 7.08. The van der Waals surface area contributed by atoms with Gasteiger partial charge in [0.05, 0.1) is 0 Å². The number of aryl methyl sites for hydroxylation is 1. The maximum absolute atomic E-state index is 11.6. The normalized spacial score (nSPS) is 10.4. The van der Waals surface area contributed by atoms with Gasteiger partial charge in [-0.25, -0.2) is 4.98 Å². The lowest BCUT2D eigenvalue weighted by atomic mass is 10.5. The Balaban J connectivity index is 2.69. The van der Waals surface area contributed by atoms with Crippen molar-refractivity contribution in [2.24, 2.45) is 7.05 Å². The van der Waals surface area contributed by atoms with Gasteiger partial charge in [-0.1, -0.05) is 6.07 Å². The van der Waals surface area contributed by atoms with Crippen molar-refractivity contribution < 1.29 is 0 Å². The van der Waals surface area contributed by atoms with Gasteiger partial charge in [0.1, 0.15) is 0 Å².